The van der Waals surface area contributed by atoms with E-state index in [0.29, 0.717) is 11.6 Å². The Morgan fingerprint density at radius 3 is 2.38 bits per heavy atom. The van der Waals surface area contributed by atoms with Crippen LogP contribution in [-0.4, -0.2) is 42.9 Å². The minimum Gasteiger partial charge on any atom is -0.402 e. The van der Waals surface area contributed by atoms with Crippen LogP contribution < -0.4 is 4.90 Å². The molecule has 0 unspecified atom stereocenters. The third-order valence-corrected chi connectivity index (χ3v) is 5.38. The molecule has 3 aromatic carbocycles. The maximum absolute atomic E-state index is 12.4. The predicted molar refractivity (Wildman–Crippen MR) is 115 cm³/mol. The Labute approximate surface area is 169 Å². The van der Waals surface area contributed by atoms with Gasteiger partial charge in [-0.3, -0.25) is 0 Å². The molecule has 5 nitrogen and oxygen atoms in total. The predicted octanol–water partition coefficient (Wildman–Crippen LogP) is 3.81. The molecular weight excluding hydrogens is 362 g/mol. The second-order valence-corrected chi connectivity index (χ2v) is 7.21. The number of cyclic esters (lactones) is 1. The van der Waals surface area contributed by atoms with Crippen molar-refractivity contribution in [2.45, 2.75) is 0 Å². The van der Waals surface area contributed by atoms with E-state index in [1.165, 1.54) is 5.69 Å². The molecule has 0 amide bonds. The van der Waals surface area contributed by atoms with Crippen molar-refractivity contribution in [3.63, 3.8) is 0 Å². The molecule has 0 aromatic heterocycles. The maximum Gasteiger partial charge on any atom is 0.365 e. The summed E-state index contributed by atoms with van der Waals surface area (Å²) in [6.45, 7) is 3.49. The number of hydrogen-bond donors (Lipinski definition) is 0. The van der Waals surface area contributed by atoms with E-state index >= 15 is 0 Å². The second kappa shape index (κ2) is 7.43. The van der Waals surface area contributed by atoms with Crippen molar-refractivity contribution in [3.8, 4) is 0 Å². The Morgan fingerprint density at radius 2 is 1.55 bits per heavy atom. The average molecular weight is 383 g/mol. The molecule has 2 aliphatic rings. The van der Waals surface area contributed by atoms with Gasteiger partial charge in [-0.2, -0.15) is 0 Å². The molecule has 2 heterocycles. The molecule has 0 radical (unpaired) electrons. The van der Waals surface area contributed by atoms with Crippen LogP contribution in [0.15, 0.2) is 89.7 Å². The lowest BCUT2D eigenvalue weighted by atomic mass is 10.0. The third-order valence-electron chi connectivity index (χ3n) is 5.38. The average Bonchev–Trinajstić information content (AvgIpc) is 3.14. The summed E-state index contributed by atoms with van der Waals surface area (Å²) in [4.78, 5) is 21.4. The Bertz CT molecular complexity index is 1110. The van der Waals surface area contributed by atoms with Crippen LogP contribution in [0, 0.1) is 0 Å². The number of fused-ring (bicyclic) bond motifs is 1. The largest absolute Gasteiger partial charge is 0.402 e. The van der Waals surface area contributed by atoms with E-state index in [-0.39, 0.29) is 0 Å². The molecule has 0 bridgehead atoms. The minimum absolute atomic E-state index is 0.362. The van der Waals surface area contributed by atoms with Crippen molar-refractivity contribution >= 4 is 28.3 Å². The van der Waals surface area contributed by atoms with Gasteiger partial charge < -0.3 is 14.5 Å². The number of rotatable bonds is 3. The van der Waals surface area contributed by atoms with Crippen LogP contribution in [0.1, 0.15) is 5.56 Å². The molecule has 0 saturated carbocycles. The number of para-hydroxylation sites is 1. The molecule has 0 N–H and O–H groups in total. The molecule has 0 spiro atoms. The van der Waals surface area contributed by atoms with Gasteiger partial charge in [-0.1, -0.05) is 54.6 Å². The highest BCUT2D eigenvalue weighted by Crippen LogP contribution is 2.24. The summed E-state index contributed by atoms with van der Waals surface area (Å²) in [5, 5.41) is 2.12. The molecular formula is C24H21N3O2. The lowest BCUT2D eigenvalue weighted by Crippen LogP contribution is -2.44. The molecule has 29 heavy (non-hydrogen) atoms. The van der Waals surface area contributed by atoms with E-state index in [1.807, 2.05) is 54.7 Å². The van der Waals surface area contributed by atoms with Crippen molar-refractivity contribution in [1.82, 2.24) is 4.90 Å². The monoisotopic (exact) mass is 383 g/mol. The normalized spacial score (nSPS) is 18.3. The number of hydrogen-bond acceptors (Lipinski definition) is 5. The summed E-state index contributed by atoms with van der Waals surface area (Å²) < 4.78 is 5.51. The minimum atomic E-state index is -0.390. The number of ether oxygens (including phenoxy) is 1. The van der Waals surface area contributed by atoms with Crippen LogP contribution in [-0.2, 0) is 9.53 Å². The zero-order chi connectivity index (χ0) is 19.6. The van der Waals surface area contributed by atoms with Gasteiger partial charge in [0, 0.05) is 43.6 Å². The van der Waals surface area contributed by atoms with Crippen LogP contribution in [0.3, 0.4) is 0 Å². The van der Waals surface area contributed by atoms with Crippen molar-refractivity contribution < 1.29 is 9.53 Å². The number of carbonyl (C=O) groups excluding carboxylic acids is 1. The van der Waals surface area contributed by atoms with Gasteiger partial charge in [0.05, 0.1) is 0 Å². The van der Waals surface area contributed by atoms with Crippen LogP contribution in [0.5, 0.6) is 0 Å². The van der Waals surface area contributed by atoms with Crippen LogP contribution in [0.2, 0.25) is 0 Å². The molecule has 1 saturated heterocycles. The van der Waals surface area contributed by atoms with Gasteiger partial charge in [-0.25, -0.2) is 9.79 Å². The molecule has 5 heteroatoms. The number of nitrogens with zero attached hydrogens (tertiary/aromatic N) is 3. The SMILES string of the molecule is O=C1OC(c2cccc3ccccc23)=NC1=CN1CCN(c2ccccc2)CC1. The topological polar surface area (TPSA) is 45.1 Å². The third kappa shape index (κ3) is 3.47. The van der Waals surface area contributed by atoms with Crippen LogP contribution >= 0.6 is 0 Å². The van der Waals surface area contributed by atoms with E-state index in [2.05, 4.69) is 39.1 Å². The first-order valence-corrected chi connectivity index (χ1v) is 9.83. The highest BCUT2D eigenvalue weighted by Gasteiger charge is 2.26. The zero-order valence-electron chi connectivity index (χ0n) is 16.0. The number of benzene rings is 3. The van der Waals surface area contributed by atoms with Crippen molar-refractivity contribution in [1.29, 1.82) is 0 Å². The molecule has 0 aliphatic carbocycles. The number of aliphatic imine (C=N–C) groups is 1. The number of esters is 1. The summed E-state index contributed by atoms with van der Waals surface area (Å²) in [7, 11) is 0. The molecule has 3 aromatic rings. The van der Waals surface area contributed by atoms with Gasteiger partial charge in [0.25, 0.3) is 0 Å². The quantitative estimate of drug-likeness (QED) is 0.510. The van der Waals surface area contributed by atoms with Gasteiger partial charge in [-0.05, 0) is 29.0 Å². The molecule has 1 fully saturated rings. The smallest absolute Gasteiger partial charge is 0.365 e. The van der Waals surface area contributed by atoms with Gasteiger partial charge in [0.1, 0.15) is 0 Å². The van der Waals surface area contributed by atoms with E-state index < -0.39 is 5.97 Å². The van der Waals surface area contributed by atoms with Crippen LogP contribution in [0.4, 0.5) is 5.69 Å². The van der Waals surface area contributed by atoms with Crippen molar-refractivity contribution in [2.24, 2.45) is 4.99 Å². The summed E-state index contributed by atoms with van der Waals surface area (Å²) >= 11 is 0. The van der Waals surface area contributed by atoms with E-state index in [4.69, 9.17) is 4.74 Å². The molecule has 2 aliphatic heterocycles. The fraction of sp³-hybridized carbons (Fsp3) is 0.167. The van der Waals surface area contributed by atoms with E-state index in [0.717, 1.165) is 42.5 Å². The summed E-state index contributed by atoms with van der Waals surface area (Å²) in [6, 6.07) is 24.4. The Balaban J connectivity index is 1.35. The van der Waals surface area contributed by atoms with Gasteiger partial charge >= 0.3 is 5.97 Å². The number of carbonyl (C=O) groups is 1. The number of anilines is 1. The fourth-order valence-corrected chi connectivity index (χ4v) is 3.85. The first-order valence-electron chi connectivity index (χ1n) is 9.83. The Morgan fingerprint density at radius 1 is 0.828 bits per heavy atom. The van der Waals surface area contributed by atoms with E-state index in [1.54, 1.807) is 0 Å². The van der Waals surface area contributed by atoms with Crippen LogP contribution in [0.25, 0.3) is 10.8 Å². The highest BCUT2D eigenvalue weighted by molar-refractivity contribution is 6.16. The Kier molecular flexibility index (Phi) is 4.48. The Hall–Kier alpha value is -3.60. The zero-order valence-corrected chi connectivity index (χ0v) is 16.0. The first kappa shape index (κ1) is 17.5. The standard InChI is InChI=1S/C24H21N3O2/c28-24-22(17-26-13-15-27(16-14-26)19-9-2-1-3-10-19)25-23(29-24)21-12-6-8-18-7-4-5-11-20(18)21/h1-12,17H,13-16H2. The van der Waals surface area contributed by atoms with Crippen molar-refractivity contribution in [2.75, 3.05) is 31.1 Å². The summed E-state index contributed by atoms with van der Waals surface area (Å²) in [5.74, 6) is -0.0144. The maximum atomic E-state index is 12.4. The fourth-order valence-electron chi connectivity index (χ4n) is 3.85. The molecule has 5 rings (SSSR count). The summed E-state index contributed by atoms with van der Waals surface area (Å²) in [6.07, 6.45) is 1.84. The summed E-state index contributed by atoms with van der Waals surface area (Å²) in [5.41, 5.74) is 2.44. The first-order chi connectivity index (χ1) is 14.3. The van der Waals surface area contributed by atoms with Gasteiger partial charge in [0.15, 0.2) is 5.70 Å². The van der Waals surface area contributed by atoms with Gasteiger partial charge in [0.2, 0.25) is 5.90 Å². The van der Waals surface area contributed by atoms with Gasteiger partial charge in [-0.15, -0.1) is 0 Å². The number of piperazine rings is 1. The molecule has 0 atom stereocenters. The molecule has 144 valence electrons. The lowest BCUT2D eigenvalue weighted by molar-refractivity contribution is -0.130. The lowest BCUT2D eigenvalue weighted by Gasteiger charge is -2.35. The van der Waals surface area contributed by atoms with Crippen molar-refractivity contribution in [3.05, 3.63) is 90.3 Å². The van der Waals surface area contributed by atoms with E-state index in [9.17, 15) is 4.79 Å². The highest BCUT2D eigenvalue weighted by atomic mass is 16.6. The second-order valence-electron chi connectivity index (χ2n) is 7.21.